The van der Waals surface area contributed by atoms with Crippen molar-refractivity contribution in [2.24, 2.45) is 11.7 Å². The van der Waals surface area contributed by atoms with E-state index >= 15 is 0 Å². The molecule has 8 heteroatoms. The second kappa shape index (κ2) is 6.04. The summed E-state index contributed by atoms with van der Waals surface area (Å²) in [7, 11) is -7.18. The zero-order valence-corrected chi connectivity index (χ0v) is 13.5. The zero-order chi connectivity index (χ0) is 15.7. The minimum absolute atomic E-state index is 0.00725. The molecule has 6 nitrogen and oxygen atoms in total. The summed E-state index contributed by atoms with van der Waals surface area (Å²) in [5.41, 5.74) is 5.65. The van der Waals surface area contributed by atoms with Crippen molar-refractivity contribution in [1.82, 2.24) is 4.72 Å². The third-order valence-corrected chi connectivity index (χ3v) is 6.41. The molecule has 2 unspecified atom stereocenters. The van der Waals surface area contributed by atoms with Gasteiger partial charge >= 0.3 is 0 Å². The van der Waals surface area contributed by atoms with Crippen molar-refractivity contribution in [1.29, 1.82) is 0 Å². The van der Waals surface area contributed by atoms with Gasteiger partial charge in [0.15, 0.2) is 9.84 Å². The molecule has 3 N–H and O–H groups in total. The summed E-state index contributed by atoms with van der Waals surface area (Å²) in [4.78, 5) is -0.0414. The average Bonchev–Trinajstić information content (AvgIpc) is 2.84. The Balaban J connectivity index is 2.28. The molecule has 1 aromatic rings. The third-order valence-electron chi connectivity index (χ3n) is 3.81. The standard InChI is InChI=1S/C13H20N2O4S2/c1-20(16,17)11-5-3-6-12(8-11)21(18,19)15-13-7-2-4-10(13)9-14/h3,5-6,8,10,13,15H,2,4,7,9,14H2,1H3. The maximum atomic E-state index is 12.4. The highest BCUT2D eigenvalue weighted by Crippen LogP contribution is 2.26. The van der Waals surface area contributed by atoms with Crippen molar-refractivity contribution in [3.63, 3.8) is 0 Å². The van der Waals surface area contributed by atoms with Gasteiger partial charge < -0.3 is 5.73 Å². The summed E-state index contributed by atoms with van der Waals surface area (Å²) in [6.45, 7) is 0.441. The van der Waals surface area contributed by atoms with Gasteiger partial charge in [0, 0.05) is 12.3 Å². The summed E-state index contributed by atoms with van der Waals surface area (Å²) in [5.74, 6) is 0.137. The first-order valence-corrected chi connectivity index (χ1v) is 10.1. The molecule has 118 valence electrons. The monoisotopic (exact) mass is 332 g/mol. The number of benzene rings is 1. The second-order valence-corrected chi connectivity index (χ2v) is 9.13. The van der Waals surface area contributed by atoms with Crippen LogP contribution in [0.3, 0.4) is 0 Å². The molecule has 0 bridgehead atoms. The number of nitrogens with two attached hydrogens (primary N) is 1. The van der Waals surface area contributed by atoms with E-state index in [-0.39, 0.29) is 21.8 Å². The molecule has 0 spiro atoms. The van der Waals surface area contributed by atoms with E-state index in [4.69, 9.17) is 5.73 Å². The van der Waals surface area contributed by atoms with Gasteiger partial charge in [0.05, 0.1) is 9.79 Å². The van der Waals surface area contributed by atoms with Gasteiger partial charge in [-0.15, -0.1) is 0 Å². The van der Waals surface area contributed by atoms with Gasteiger partial charge in [-0.2, -0.15) is 0 Å². The number of sulfonamides is 1. The number of nitrogens with one attached hydrogen (secondary N) is 1. The van der Waals surface area contributed by atoms with Crippen LogP contribution < -0.4 is 10.5 Å². The van der Waals surface area contributed by atoms with Gasteiger partial charge in [0.1, 0.15) is 0 Å². The van der Waals surface area contributed by atoms with E-state index in [2.05, 4.69) is 4.72 Å². The van der Waals surface area contributed by atoms with Crippen LogP contribution in [0.25, 0.3) is 0 Å². The van der Waals surface area contributed by atoms with Crippen LogP contribution in [-0.4, -0.2) is 35.7 Å². The highest BCUT2D eigenvalue weighted by Gasteiger charge is 2.30. The Morgan fingerprint density at radius 1 is 1.19 bits per heavy atom. The maximum Gasteiger partial charge on any atom is 0.240 e. The van der Waals surface area contributed by atoms with Crippen LogP contribution in [0.4, 0.5) is 0 Å². The number of hydrogen-bond donors (Lipinski definition) is 2. The first kappa shape index (κ1) is 16.4. The van der Waals surface area contributed by atoms with Crippen LogP contribution in [0.1, 0.15) is 19.3 Å². The summed E-state index contributed by atoms with van der Waals surface area (Å²) in [6, 6.07) is 5.21. The van der Waals surface area contributed by atoms with Crippen molar-refractivity contribution in [2.75, 3.05) is 12.8 Å². The predicted molar refractivity (Wildman–Crippen MR) is 80.1 cm³/mol. The Morgan fingerprint density at radius 3 is 2.48 bits per heavy atom. The van der Waals surface area contributed by atoms with Gasteiger partial charge in [0.2, 0.25) is 10.0 Å². The van der Waals surface area contributed by atoms with E-state index < -0.39 is 19.9 Å². The van der Waals surface area contributed by atoms with E-state index in [0.29, 0.717) is 6.54 Å². The Hall–Kier alpha value is -0.960. The lowest BCUT2D eigenvalue weighted by molar-refractivity contribution is 0.453. The highest BCUT2D eigenvalue weighted by molar-refractivity contribution is 7.91. The predicted octanol–water partition coefficient (Wildman–Crippen LogP) is 0.496. The van der Waals surface area contributed by atoms with E-state index in [0.717, 1.165) is 25.5 Å². The largest absolute Gasteiger partial charge is 0.330 e. The highest BCUT2D eigenvalue weighted by atomic mass is 32.2. The summed E-state index contributed by atoms with van der Waals surface area (Å²) in [6.07, 6.45) is 3.66. The molecule has 1 aromatic carbocycles. The molecule has 0 aromatic heterocycles. The molecule has 0 saturated heterocycles. The average molecular weight is 332 g/mol. The van der Waals surface area contributed by atoms with Crippen molar-refractivity contribution in [3.05, 3.63) is 24.3 Å². The number of rotatable bonds is 5. The van der Waals surface area contributed by atoms with Crippen molar-refractivity contribution < 1.29 is 16.8 Å². The fourth-order valence-corrected chi connectivity index (χ4v) is 4.74. The van der Waals surface area contributed by atoms with Crippen LogP contribution in [0, 0.1) is 5.92 Å². The lowest BCUT2D eigenvalue weighted by Crippen LogP contribution is -2.39. The minimum Gasteiger partial charge on any atom is -0.330 e. The topological polar surface area (TPSA) is 106 Å². The Bertz CT molecular complexity index is 713. The summed E-state index contributed by atoms with van der Waals surface area (Å²) >= 11 is 0. The fraction of sp³-hybridized carbons (Fsp3) is 0.538. The minimum atomic E-state index is -3.74. The van der Waals surface area contributed by atoms with Crippen molar-refractivity contribution in [3.8, 4) is 0 Å². The second-order valence-electron chi connectivity index (χ2n) is 5.40. The van der Waals surface area contributed by atoms with E-state index in [1.807, 2.05) is 0 Å². The molecule has 0 heterocycles. The van der Waals surface area contributed by atoms with Crippen LogP contribution in [-0.2, 0) is 19.9 Å². The molecular formula is C13H20N2O4S2. The Morgan fingerprint density at radius 2 is 1.86 bits per heavy atom. The molecule has 0 aliphatic heterocycles. The van der Waals surface area contributed by atoms with E-state index in [9.17, 15) is 16.8 Å². The van der Waals surface area contributed by atoms with E-state index in [1.54, 1.807) is 0 Å². The van der Waals surface area contributed by atoms with Gasteiger partial charge in [-0.25, -0.2) is 21.6 Å². The molecule has 2 atom stereocenters. The third kappa shape index (κ3) is 3.82. The van der Waals surface area contributed by atoms with Crippen LogP contribution >= 0.6 is 0 Å². The maximum absolute atomic E-state index is 12.4. The van der Waals surface area contributed by atoms with Crippen molar-refractivity contribution in [2.45, 2.75) is 35.1 Å². The molecule has 1 aliphatic rings. The van der Waals surface area contributed by atoms with E-state index in [1.165, 1.54) is 24.3 Å². The fourth-order valence-electron chi connectivity index (χ4n) is 2.61. The summed E-state index contributed by atoms with van der Waals surface area (Å²) < 4.78 is 50.5. The van der Waals surface area contributed by atoms with Gasteiger partial charge in [0.25, 0.3) is 0 Å². The molecular weight excluding hydrogens is 312 g/mol. The van der Waals surface area contributed by atoms with Gasteiger partial charge in [-0.05, 0) is 43.5 Å². The first-order chi connectivity index (χ1) is 9.74. The number of sulfone groups is 1. The Labute approximate surface area is 125 Å². The molecule has 1 fully saturated rings. The molecule has 1 saturated carbocycles. The quantitative estimate of drug-likeness (QED) is 0.816. The number of hydrogen-bond acceptors (Lipinski definition) is 5. The Kier molecular flexibility index (Phi) is 4.72. The zero-order valence-electron chi connectivity index (χ0n) is 11.8. The normalized spacial score (nSPS) is 23.3. The molecule has 21 heavy (non-hydrogen) atoms. The lowest BCUT2D eigenvalue weighted by Gasteiger charge is -2.19. The van der Waals surface area contributed by atoms with Gasteiger partial charge in [-0.3, -0.25) is 0 Å². The lowest BCUT2D eigenvalue weighted by atomic mass is 10.1. The summed E-state index contributed by atoms with van der Waals surface area (Å²) in [5, 5.41) is 0. The first-order valence-electron chi connectivity index (χ1n) is 6.76. The molecule has 1 aliphatic carbocycles. The molecule has 0 radical (unpaired) electrons. The molecule has 0 amide bonds. The smallest absolute Gasteiger partial charge is 0.240 e. The van der Waals surface area contributed by atoms with Crippen molar-refractivity contribution >= 4 is 19.9 Å². The van der Waals surface area contributed by atoms with Crippen LogP contribution in [0.5, 0.6) is 0 Å². The SMILES string of the molecule is CS(=O)(=O)c1cccc(S(=O)(=O)NC2CCCC2CN)c1. The van der Waals surface area contributed by atoms with Crippen LogP contribution in [0.2, 0.25) is 0 Å². The molecule has 2 rings (SSSR count). The van der Waals surface area contributed by atoms with Gasteiger partial charge in [-0.1, -0.05) is 12.5 Å². The van der Waals surface area contributed by atoms with Crippen LogP contribution in [0.15, 0.2) is 34.1 Å².